The van der Waals surface area contributed by atoms with Crippen molar-refractivity contribution in [1.29, 1.82) is 0 Å². The van der Waals surface area contributed by atoms with Gasteiger partial charge in [0.15, 0.2) is 5.05 Å². The minimum absolute atomic E-state index is 0.0936. The van der Waals surface area contributed by atoms with Gasteiger partial charge >= 0.3 is 0 Å². The van der Waals surface area contributed by atoms with E-state index in [4.69, 9.17) is 21.7 Å². The van der Waals surface area contributed by atoms with E-state index < -0.39 is 0 Å². The molecule has 0 fully saturated rings. The third kappa shape index (κ3) is 4.29. The van der Waals surface area contributed by atoms with E-state index in [1.54, 1.807) is 19.1 Å². The van der Waals surface area contributed by atoms with E-state index in [2.05, 4.69) is 19.9 Å². The smallest absolute Gasteiger partial charge is 0.164 e. The Hall–Kier alpha value is -1.94. The molecule has 23 heavy (non-hydrogen) atoms. The fourth-order valence-electron chi connectivity index (χ4n) is 2.47. The molecule has 0 unspecified atom stereocenters. The molecule has 2 nitrogen and oxygen atoms in total. The molecule has 0 atom stereocenters. The van der Waals surface area contributed by atoms with Crippen LogP contribution in [0.3, 0.4) is 0 Å². The summed E-state index contributed by atoms with van der Waals surface area (Å²) in [5.74, 6) is 0.795. The summed E-state index contributed by atoms with van der Waals surface area (Å²) in [6.07, 6.45) is 0.978. The zero-order chi connectivity index (χ0) is 17.0. The highest BCUT2D eigenvalue weighted by atomic mass is 32.1. The molecular formula is C19H21FO2S. The molecule has 0 N–H and O–H groups in total. The van der Waals surface area contributed by atoms with Crippen LogP contribution in [-0.4, -0.2) is 5.05 Å². The predicted molar refractivity (Wildman–Crippen MR) is 94.9 cm³/mol. The normalized spacial score (nSPS) is 10.5. The summed E-state index contributed by atoms with van der Waals surface area (Å²) in [5, 5.41) is 0.344. The Labute approximate surface area is 142 Å². The molecule has 122 valence electrons. The van der Waals surface area contributed by atoms with Crippen molar-refractivity contribution in [3.05, 3.63) is 58.4 Å². The Morgan fingerprint density at radius 1 is 1.13 bits per heavy atom. The molecule has 0 heterocycles. The van der Waals surface area contributed by atoms with Crippen molar-refractivity contribution >= 4 is 17.3 Å². The van der Waals surface area contributed by atoms with Gasteiger partial charge in [0.25, 0.3) is 0 Å². The highest BCUT2D eigenvalue weighted by Crippen LogP contribution is 2.27. The summed E-state index contributed by atoms with van der Waals surface area (Å²) in [5.41, 5.74) is 3.87. The number of hydrogen-bond donors (Lipinski definition) is 0. The van der Waals surface area contributed by atoms with Crippen LogP contribution < -0.4 is 9.47 Å². The van der Waals surface area contributed by atoms with Crippen LogP contribution >= 0.6 is 12.2 Å². The minimum atomic E-state index is -0.363. The SMILES string of the molecule is CCc1cc(C)c(OCc2c(F)cccc2OC(C)=S)cc1C. The van der Waals surface area contributed by atoms with E-state index in [9.17, 15) is 4.39 Å². The summed E-state index contributed by atoms with van der Waals surface area (Å²) >= 11 is 4.94. The lowest BCUT2D eigenvalue weighted by Crippen LogP contribution is -2.07. The van der Waals surface area contributed by atoms with Gasteiger partial charge in [-0.05, 0) is 67.4 Å². The fraction of sp³-hybridized carbons (Fsp3) is 0.316. The molecule has 2 aromatic rings. The van der Waals surface area contributed by atoms with E-state index in [1.165, 1.54) is 17.2 Å². The van der Waals surface area contributed by atoms with Crippen molar-refractivity contribution < 1.29 is 13.9 Å². The molecule has 0 bridgehead atoms. The van der Waals surface area contributed by atoms with E-state index >= 15 is 0 Å². The molecule has 0 saturated heterocycles. The first-order valence-corrected chi connectivity index (χ1v) is 8.02. The highest BCUT2D eigenvalue weighted by molar-refractivity contribution is 7.80. The fourth-order valence-corrected chi connectivity index (χ4v) is 2.55. The first-order valence-electron chi connectivity index (χ1n) is 7.61. The first-order chi connectivity index (χ1) is 10.9. The van der Waals surface area contributed by atoms with Gasteiger partial charge < -0.3 is 9.47 Å². The Bertz CT molecular complexity index is 726. The molecule has 2 rings (SSSR count). The van der Waals surface area contributed by atoms with Crippen molar-refractivity contribution in [2.75, 3.05) is 0 Å². The zero-order valence-corrected chi connectivity index (χ0v) is 14.7. The Balaban J connectivity index is 2.24. The maximum Gasteiger partial charge on any atom is 0.164 e. The van der Waals surface area contributed by atoms with Crippen LogP contribution in [0.25, 0.3) is 0 Å². The van der Waals surface area contributed by atoms with Crippen LogP contribution in [0.15, 0.2) is 30.3 Å². The quantitative estimate of drug-likeness (QED) is 0.691. The second kappa shape index (κ2) is 7.55. The van der Waals surface area contributed by atoms with E-state index in [0.717, 1.165) is 17.7 Å². The third-order valence-corrected chi connectivity index (χ3v) is 3.80. The van der Waals surface area contributed by atoms with Gasteiger partial charge in [-0.3, -0.25) is 0 Å². The average molecular weight is 332 g/mol. The van der Waals surface area contributed by atoms with Crippen molar-refractivity contribution in [2.24, 2.45) is 0 Å². The largest absolute Gasteiger partial charge is 0.488 e. The zero-order valence-electron chi connectivity index (χ0n) is 13.9. The van der Waals surface area contributed by atoms with Crippen LogP contribution in [0.4, 0.5) is 4.39 Å². The molecule has 0 aliphatic carbocycles. The van der Waals surface area contributed by atoms with Crippen LogP contribution in [0, 0.1) is 19.7 Å². The lowest BCUT2D eigenvalue weighted by molar-refractivity contribution is 0.293. The Kier molecular flexibility index (Phi) is 5.72. The summed E-state index contributed by atoms with van der Waals surface area (Å²) in [6, 6.07) is 8.79. The van der Waals surface area contributed by atoms with Gasteiger partial charge in [-0.25, -0.2) is 4.39 Å². The molecule has 2 aromatic carbocycles. The Morgan fingerprint density at radius 2 is 1.87 bits per heavy atom. The summed E-state index contributed by atoms with van der Waals surface area (Å²) in [6.45, 7) is 7.92. The van der Waals surface area contributed by atoms with Gasteiger partial charge in [-0.15, -0.1) is 0 Å². The van der Waals surface area contributed by atoms with Crippen molar-refractivity contribution in [1.82, 2.24) is 0 Å². The molecule has 0 amide bonds. The predicted octanol–water partition coefficient (Wildman–Crippen LogP) is 5.31. The maximum atomic E-state index is 14.1. The van der Waals surface area contributed by atoms with Gasteiger partial charge in [0, 0.05) is 6.92 Å². The number of aryl methyl sites for hydroxylation is 3. The second-order valence-corrected chi connectivity index (χ2v) is 6.07. The maximum absolute atomic E-state index is 14.1. The molecule has 0 saturated carbocycles. The van der Waals surface area contributed by atoms with Crippen molar-refractivity contribution in [3.8, 4) is 11.5 Å². The van der Waals surface area contributed by atoms with Crippen LogP contribution in [-0.2, 0) is 13.0 Å². The molecule has 0 radical (unpaired) electrons. The number of hydrogen-bond acceptors (Lipinski definition) is 3. The van der Waals surface area contributed by atoms with E-state index in [-0.39, 0.29) is 12.4 Å². The third-order valence-electron chi connectivity index (χ3n) is 3.72. The number of halogens is 1. The summed E-state index contributed by atoms with van der Waals surface area (Å²) in [4.78, 5) is 0. The van der Waals surface area contributed by atoms with Gasteiger partial charge in [0.2, 0.25) is 0 Å². The molecule has 0 spiro atoms. The Morgan fingerprint density at radius 3 is 2.52 bits per heavy atom. The molecule has 0 aromatic heterocycles. The number of thiocarbonyl (C=S) groups is 1. The van der Waals surface area contributed by atoms with Crippen LogP contribution in [0.2, 0.25) is 0 Å². The summed E-state index contributed by atoms with van der Waals surface area (Å²) < 4.78 is 25.4. The average Bonchev–Trinajstić information content (AvgIpc) is 2.49. The summed E-state index contributed by atoms with van der Waals surface area (Å²) in [7, 11) is 0. The number of benzene rings is 2. The van der Waals surface area contributed by atoms with Gasteiger partial charge in [0.05, 0.1) is 5.56 Å². The topological polar surface area (TPSA) is 18.5 Å². The number of ether oxygens (including phenoxy) is 2. The molecule has 0 aliphatic rings. The van der Waals surface area contributed by atoms with Gasteiger partial charge in [-0.2, -0.15) is 0 Å². The van der Waals surface area contributed by atoms with Crippen molar-refractivity contribution in [2.45, 2.75) is 40.7 Å². The molecule has 0 aliphatic heterocycles. The van der Waals surface area contributed by atoms with E-state index in [1.807, 2.05) is 13.0 Å². The standard InChI is InChI=1S/C19H21FO2S/c1-5-15-9-13(3)19(10-12(15)2)21-11-16-17(20)7-6-8-18(16)22-14(4)23/h6-10H,5,11H2,1-4H3. The van der Waals surface area contributed by atoms with Crippen LogP contribution in [0.5, 0.6) is 11.5 Å². The van der Waals surface area contributed by atoms with E-state index in [0.29, 0.717) is 16.4 Å². The van der Waals surface area contributed by atoms with Gasteiger partial charge in [0.1, 0.15) is 23.9 Å². The molecule has 4 heteroatoms. The lowest BCUT2D eigenvalue weighted by Gasteiger charge is -2.15. The monoisotopic (exact) mass is 332 g/mol. The van der Waals surface area contributed by atoms with Gasteiger partial charge in [-0.1, -0.05) is 19.1 Å². The number of rotatable bonds is 5. The minimum Gasteiger partial charge on any atom is -0.488 e. The van der Waals surface area contributed by atoms with Crippen molar-refractivity contribution in [3.63, 3.8) is 0 Å². The first kappa shape index (κ1) is 17.4. The highest BCUT2D eigenvalue weighted by Gasteiger charge is 2.13. The molecular weight excluding hydrogens is 311 g/mol. The lowest BCUT2D eigenvalue weighted by atomic mass is 10.0. The van der Waals surface area contributed by atoms with Crippen LogP contribution in [0.1, 0.15) is 36.1 Å². The second-order valence-electron chi connectivity index (χ2n) is 5.50.